The van der Waals surface area contributed by atoms with E-state index in [2.05, 4.69) is 11.9 Å². The molecular weight excluding hydrogens is 230 g/mol. The fraction of sp³-hybridized carbons (Fsp3) is 1.00. The van der Waals surface area contributed by atoms with Crippen LogP contribution in [-0.2, 0) is 14.2 Å². The summed E-state index contributed by atoms with van der Waals surface area (Å²) >= 11 is 0. The summed E-state index contributed by atoms with van der Waals surface area (Å²) in [5.41, 5.74) is 0. The fourth-order valence-corrected chi connectivity index (χ4v) is 3.06. The largest absolute Gasteiger partial charge is 0.385 e. The van der Waals surface area contributed by atoms with Crippen molar-refractivity contribution in [2.24, 2.45) is 0 Å². The van der Waals surface area contributed by atoms with Gasteiger partial charge in [0, 0.05) is 32.6 Å². The summed E-state index contributed by atoms with van der Waals surface area (Å²) < 4.78 is 16.6. The van der Waals surface area contributed by atoms with Crippen molar-refractivity contribution in [1.29, 1.82) is 0 Å². The summed E-state index contributed by atoms with van der Waals surface area (Å²) in [7, 11) is 4.01. The normalized spacial score (nSPS) is 24.2. The summed E-state index contributed by atoms with van der Waals surface area (Å²) in [6.07, 6.45) is 6.88. The Labute approximate surface area is 111 Å². The molecule has 1 heterocycles. The molecule has 0 unspecified atom stereocenters. The van der Waals surface area contributed by atoms with Crippen LogP contribution in [0.4, 0.5) is 0 Å². The highest BCUT2D eigenvalue weighted by Gasteiger charge is 2.40. The third kappa shape index (κ3) is 3.67. The first kappa shape index (κ1) is 14.3. The molecule has 1 aliphatic heterocycles. The van der Waals surface area contributed by atoms with Crippen LogP contribution in [0.3, 0.4) is 0 Å². The van der Waals surface area contributed by atoms with Gasteiger partial charge in [-0.05, 0) is 39.3 Å². The van der Waals surface area contributed by atoms with Gasteiger partial charge in [-0.25, -0.2) is 0 Å². The Balaban J connectivity index is 1.65. The van der Waals surface area contributed by atoms with Crippen molar-refractivity contribution in [1.82, 2.24) is 4.90 Å². The van der Waals surface area contributed by atoms with Crippen molar-refractivity contribution in [3.8, 4) is 0 Å². The van der Waals surface area contributed by atoms with E-state index in [1.807, 2.05) is 0 Å². The minimum Gasteiger partial charge on any atom is -0.385 e. The van der Waals surface area contributed by atoms with Crippen molar-refractivity contribution in [2.45, 2.75) is 50.4 Å². The topological polar surface area (TPSA) is 30.9 Å². The van der Waals surface area contributed by atoms with Crippen LogP contribution in [0.25, 0.3) is 0 Å². The smallest absolute Gasteiger partial charge is 0.168 e. The maximum absolute atomic E-state index is 5.77. The van der Waals surface area contributed by atoms with E-state index in [4.69, 9.17) is 14.2 Å². The summed E-state index contributed by atoms with van der Waals surface area (Å²) in [5.74, 6) is -0.215. The summed E-state index contributed by atoms with van der Waals surface area (Å²) in [6, 6.07) is 0.700. The van der Waals surface area contributed by atoms with Gasteiger partial charge < -0.3 is 19.1 Å². The van der Waals surface area contributed by atoms with E-state index in [-0.39, 0.29) is 5.79 Å². The van der Waals surface area contributed by atoms with Crippen molar-refractivity contribution in [3.63, 3.8) is 0 Å². The van der Waals surface area contributed by atoms with Crippen molar-refractivity contribution < 1.29 is 14.2 Å². The number of hydrogen-bond donors (Lipinski definition) is 0. The van der Waals surface area contributed by atoms with Gasteiger partial charge in [-0.15, -0.1) is 0 Å². The average molecular weight is 257 g/mol. The van der Waals surface area contributed by atoms with Gasteiger partial charge in [0.25, 0.3) is 0 Å². The lowest BCUT2D eigenvalue weighted by molar-refractivity contribution is -0.183. The molecule has 1 aliphatic carbocycles. The first-order valence-corrected chi connectivity index (χ1v) is 7.23. The van der Waals surface area contributed by atoms with Gasteiger partial charge in [-0.1, -0.05) is 0 Å². The Morgan fingerprint density at radius 2 is 1.83 bits per heavy atom. The van der Waals surface area contributed by atoms with Gasteiger partial charge >= 0.3 is 0 Å². The molecule has 2 aliphatic rings. The van der Waals surface area contributed by atoms with E-state index < -0.39 is 0 Å². The average Bonchev–Trinajstić information content (AvgIpc) is 2.84. The van der Waals surface area contributed by atoms with Crippen LogP contribution in [0.2, 0.25) is 0 Å². The number of ether oxygens (including phenoxy) is 3. The Kier molecular flexibility index (Phi) is 5.42. The van der Waals surface area contributed by atoms with Crippen molar-refractivity contribution >= 4 is 0 Å². The Morgan fingerprint density at radius 3 is 2.44 bits per heavy atom. The molecule has 0 radical (unpaired) electrons. The second kappa shape index (κ2) is 6.85. The third-order valence-electron chi connectivity index (χ3n) is 4.26. The molecule has 0 amide bonds. The summed E-state index contributed by atoms with van der Waals surface area (Å²) in [6.45, 7) is 3.60. The molecule has 4 nitrogen and oxygen atoms in total. The van der Waals surface area contributed by atoms with Crippen molar-refractivity contribution in [3.05, 3.63) is 0 Å². The predicted octanol–water partition coefficient (Wildman–Crippen LogP) is 2.03. The highest BCUT2D eigenvalue weighted by Crippen LogP contribution is 2.37. The minimum absolute atomic E-state index is 0.215. The maximum Gasteiger partial charge on any atom is 0.168 e. The molecule has 1 saturated carbocycles. The van der Waals surface area contributed by atoms with E-state index >= 15 is 0 Å². The molecular formula is C14H27NO3. The number of nitrogens with zero attached hydrogens (tertiary/aromatic N) is 1. The lowest BCUT2D eigenvalue weighted by atomic mass is 9.89. The maximum atomic E-state index is 5.77. The molecule has 106 valence electrons. The molecule has 0 aromatic heterocycles. The van der Waals surface area contributed by atoms with Gasteiger partial charge in [-0.3, -0.25) is 0 Å². The third-order valence-corrected chi connectivity index (χ3v) is 4.26. The lowest BCUT2D eigenvalue weighted by Gasteiger charge is -2.39. The van der Waals surface area contributed by atoms with E-state index in [1.54, 1.807) is 7.11 Å². The molecule has 0 bridgehead atoms. The van der Waals surface area contributed by atoms with Gasteiger partial charge in [0.05, 0.1) is 13.2 Å². The van der Waals surface area contributed by atoms with Crippen LogP contribution in [-0.4, -0.2) is 57.3 Å². The zero-order chi connectivity index (χ0) is 12.8. The molecule has 1 spiro atoms. The van der Waals surface area contributed by atoms with Gasteiger partial charge in [0.2, 0.25) is 0 Å². The quantitative estimate of drug-likeness (QED) is 0.681. The molecule has 4 heteroatoms. The molecule has 1 saturated heterocycles. The van der Waals surface area contributed by atoms with Crippen LogP contribution in [0.5, 0.6) is 0 Å². The van der Waals surface area contributed by atoms with Crippen LogP contribution in [0.15, 0.2) is 0 Å². The zero-order valence-corrected chi connectivity index (χ0v) is 11.8. The second-order valence-electron chi connectivity index (χ2n) is 5.52. The van der Waals surface area contributed by atoms with E-state index in [9.17, 15) is 0 Å². The number of hydrogen-bond acceptors (Lipinski definition) is 4. The molecule has 2 rings (SSSR count). The fourth-order valence-electron chi connectivity index (χ4n) is 3.06. The van der Waals surface area contributed by atoms with Gasteiger partial charge in [-0.2, -0.15) is 0 Å². The summed E-state index contributed by atoms with van der Waals surface area (Å²) in [5, 5.41) is 0. The van der Waals surface area contributed by atoms with E-state index in [1.165, 1.54) is 25.8 Å². The standard InChI is InChI=1S/C14H27NO3/c1-15(9-3-4-10-16-2)13-5-7-14(8-6-13)17-11-12-18-14/h13H,3-12H2,1-2H3. The highest BCUT2D eigenvalue weighted by atomic mass is 16.7. The lowest BCUT2D eigenvalue weighted by Crippen LogP contribution is -2.43. The molecule has 2 fully saturated rings. The predicted molar refractivity (Wildman–Crippen MR) is 70.6 cm³/mol. The Hall–Kier alpha value is -0.160. The highest BCUT2D eigenvalue weighted by molar-refractivity contribution is 4.85. The monoisotopic (exact) mass is 257 g/mol. The zero-order valence-electron chi connectivity index (χ0n) is 11.8. The first-order chi connectivity index (χ1) is 8.76. The van der Waals surface area contributed by atoms with Crippen LogP contribution >= 0.6 is 0 Å². The number of rotatable bonds is 6. The van der Waals surface area contributed by atoms with Crippen molar-refractivity contribution in [2.75, 3.05) is 40.5 Å². The first-order valence-electron chi connectivity index (χ1n) is 7.23. The summed E-state index contributed by atoms with van der Waals surface area (Å²) in [4.78, 5) is 2.50. The Bertz CT molecular complexity index is 231. The van der Waals surface area contributed by atoms with Crippen LogP contribution < -0.4 is 0 Å². The van der Waals surface area contributed by atoms with Gasteiger partial charge in [0.15, 0.2) is 5.79 Å². The van der Waals surface area contributed by atoms with E-state index in [0.717, 1.165) is 39.1 Å². The van der Waals surface area contributed by atoms with E-state index in [0.29, 0.717) is 6.04 Å². The molecule has 0 N–H and O–H groups in total. The van der Waals surface area contributed by atoms with Gasteiger partial charge in [0.1, 0.15) is 0 Å². The number of methoxy groups -OCH3 is 1. The molecule has 0 aromatic carbocycles. The second-order valence-corrected chi connectivity index (χ2v) is 5.52. The molecule has 0 aromatic rings. The molecule has 18 heavy (non-hydrogen) atoms. The van der Waals surface area contributed by atoms with Crippen LogP contribution in [0.1, 0.15) is 38.5 Å². The minimum atomic E-state index is -0.215. The SMILES string of the molecule is COCCCCN(C)C1CCC2(CC1)OCCO2. The molecule has 0 atom stereocenters. The Morgan fingerprint density at radius 1 is 1.17 bits per heavy atom. The van der Waals surface area contributed by atoms with Crippen LogP contribution in [0, 0.1) is 0 Å². The number of unbranched alkanes of at least 4 members (excludes halogenated alkanes) is 1.